The van der Waals surface area contributed by atoms with Crippen molar-refractivity contribution in [3.05, 3.63) is 0 Å². The Bertz CT molecular complexity index is 122. The lowest BCUT2D eigenvalue weighted by Gasteiger charge is -2.18. The molecule has 0 heterocycles. The standard InChI is InChI=1S/C12H23IO/c13-11-9-7-5-3-1-2-4-6-8-10-12(11)14/h11-12,14H,1-10H2. The zero-order valence-corrected chi connectivity index (χ0v) is 11.2. The van der Waals surface area contributed by atoms with Crippen LogP contribution in [0.4, 0.5) is 0 Å². The summed E-state index contributed by atoms with van der Waals surface area (Å²) in [5, 5.41) is 9.85. The quantitative estimate of drug-likeness (QED) is 0.528. The van der Waals surface area contributed by atoms with Gasteiger partial charge in [0.1, 0.15) is 0 Å². The van der Waals surface area contributed by atoms with E-state index < -0.39 is 0 Å². The van der Waals surface area contributed by atoms with Crippen molar-refractivity contribution in [3.8, 4) is 0 Å². The second-order valence-corrected chi connectivity index (χ2v) is 6.09. The molecule has 1 fully saturated rings. The van der Waals surface area contributed by atoms with Gasteiger partial charge in [-0.15, -0.1) is 0 Å². The van der Waals surface area contributed by atoms with Crippen LogP contribution in [0.5, 0.6) is 0 Å². The lowest BCUT2D eigenvalue weighted by molar-refractivity contribution is 0.157. The molecule has 2 atom stereocenters. The van der Waals surface area contributed by atoms with Gasteiger partial charge in [0, 0.05) is 3.92 Å². The highest BCUT2D eigenvalue weighted by atomic mass is 127. The summed E-state index contributed by atoms with van der Waals surface area (Å²) in [7, 11) is 0. The van der Waals surface area contributed by atoms with Gasteiger partial charge in [-0.1, -0.05) is 74.0 Å². The van der Waals surface area contributed by atoms with E-state index in [2.05, 4.69) is 22.6 Å². The Balaban J connectivity index is 2.23. The third-order valence-electron chi connectivity index (χ3n) is 3.15. The molecular weight excluding hydrogens is 287 g/mol. The predicted molar refractivity (Wildman–Crippen MR) is 70.0 cm³/mol. The molecule has 2 heteroatoms. The first-order valence-electron chi connectivity index (χ1n) is 6.13. The highest BCUT2D eigenvalue weighted by Gasteiger charge is 2.15. The second kappa shape index (κ2) is 7.91. The number of aliphatic hydroxyl groups excluding tert-OH is 1. The minimum Gasteiger partial charge on any atom is -0.392 e. The average molecular weight is 310 g/mol. The van der Waals surface area contributed by atoms with Gasteiger partial charge in [-0.3, -0.25) is 0 Å². The second-order valence-electron chi connectivity index (χ2n) is 4.49. The van der Waals surface area contributed by atoms with Crippen LogP contribution in [0.3, 0.4) is 0 Å². The topological polar surface area (TPSA) is 20.2 Å². The Kier molecular flexibility index (Phi) is 7.21. The molecule has 0 amide bonds. The molecule has 2 unspecified atom stereocenters. The van der Waals surface area contributed by atoms with Crippen LogP contribution in [-0.2, 0) is 0 Å². The number of alkyl halides is 1. The molecule has 0 aromatic rings. The van der Waals surface area contributed by atoms with Crippen molar-refractivity contribution in [1.29, 1.82) is 0 Å². The van der Waals surface area contributed by atoms with Crippen molar-refractivity contribution in [2.45, 2.75) is 74.2 Å². The predicted octanol–water partition coefficient (Wildman–Crippen LogP) is 4.07. The van der Waals surface area contributed by atoms with Gasteiger partial charge in [0.05, 0.1) is 6.10 Å². The molecule has 0 saturated heterocycles. The monoisotopic (exact) mass is 310 g/mol. The molecule has 1 saturated carbocycles. The number of aliphatic hydroxyl groups is 1. The number of hydrogen-bond donors (Lipinski definition) is 1. The summed E-state index contributed by atoms with van der Waals surface area (Å²) in [4.78, 5) is 0. The molecule has 14 heavy (non-hydrogen) atoms. The Morgan fingerprint density at radius 2 is 1.14 bits per heavy atom. The molecule has 1 rings (SSSR count). The zero-order chi connectivity index (χ0) is 10.2. The van der Waals surface area contributed by atoms with E-state index >= 15 is 0 Å². The summed E-state index contributed by atoms with van der Waals surface area (Å²) in [6.07, 6.45) is 13.0. The summed E-state index contributed by atoms with van der Waals surface area (Å²) in [6.45, 7) is 0. The molecule has 1 nitrogen and oxygen atoms in total. The molecule has 1 aliphatic carbocycles. The molecule has 0 aromatic carbocycles. The smallest absolute Gasteiger partial charge is 0.0657 e. The summed E-state index contributed by atoms with van der Waals surface area (Å²) < 4.78 is 0.493. The van der Waals surface area contributed by atoms with E-state index in [1.165, 1.54) is 57.8 Å². The number of rotatable bonds is 0. The third-order valence-corrected chi connectivity index (χ3v) is 4.60. The molecule has 0 aromatic heterocycles. The highest BCUT2D eigenvalue weighted by molar-refractivity contribution is 14.1. The van der Waals surface area contributed by atoms with Gasteiger partial charge < -0.3 is 5.11 Å². The van der Waals surface area contributed by atoms with Crippen molar-refractivity contribution >= 4 is 22.6 Å². The van der Waals surface area contributed by atoms with Crippen LogP contribution >= 0.6 is 22.6 Å². The van der Waals surface area contributed by atoms with Crippen LogP contribution in [0.15, 0.2) is 0 Å². The Hall–Kier alpha value is 0.690. The Morgan fingerprint density at radius 3 is 1.71 bits per heavy atom. The van der Waals surface area contributed by atoms with Crippen molar-refractivity contribution in [3.63, 3.8) is 0 Å². The van der Waals surface area contributed by atoms with Gasteiger partial charge in [0.2, 0.25) is 0 Å². The molecular formula is C12H23IO. The summed E-state index contributed by atoms with van der Waals surface area (Å²) in [5.41, 5.74) is 0. The minimum atomic E-state index is -0.0463. The fourth-order valence-electron chi connectivity index (χ4n) is 2.13. The van der Waals surface area contributed by atoms with Crippen molar-refractivity contribution in [2.75, 3.05) is 0 Å². The number of hydrogen-bond acceptors (Lipinski definition) is 1. The van der Waals surface area contributed by atoms with Crippen molar-refractivity contribution in [1.82, 2.24) is 0 Å². The normalized spacial score (nSPS) is 33.0. The fourth-order valence-corrected chi connectivity index (χ4v) is 2.93. The van der Waals surface area contributed by atoms with E-state index in [0.717, 1.165) is 6.42 Å². The fraction of sp³-hybridized carbons (Fsp3) is 1.00. The van der Waals surface area contributed by atoms with Crippen LogP contribution in [0.2, 0.25) is 0 Å². The molecule has 84 valence electrons. The largest absolute Gasteiger partial charge is 0.392 e. The van der Waals surface area contributed by atoms with Gasteiger partial charge in [-0.05, 0) is 12.8 Å². The van der Waals surface area contributed by atoms with Gasteiger partial charge in [-0.2, -0.15) is 0 Å². The molecule has 1 aliphatic rings. The summed E-state index contributed by atoms with van der Waals surface area (Å²) in [6, 6.07) is 0. The van der Waals surface area contributed by atoms with Crippen molar-refractivity contribution in [2.24, 2.45) is 0 Å². The molecule has 1 N–H and O–H groups in total. The zero-order valence-electron chi connectivity index (χ0n) is 9.05. The van der Waals surface area contributed by atoms with Gasteiger partial charge in [0.25, 0.3) is 0 Å². The molecule has 0 spiro atoms. The summed E-state index contributed by atoms with van der Waals surface area (Å²) >= 11 is 2.43. The van der Waals surface area contributed by atoms with Crippen LogP contribution in [0.25, 0.3) is 0 Å². The maximum atomic E-state index is 9.85. The number of halogens is 1. The van der Waals surface area contributed by atoms with E-state index in [1.807, 2.05) is 0 Å². The van der Waals surface area contributed by atoms with E-state index in [9.17, 15) is 5.11 Å². The van der Waals surface area contributed by atoms with Crippen LogP contribution < -0.4 is 0 Å². The molecule has 0 aliphatic heterocycles. The SMILES string of the molecule is OC1CCCCCCCCCCC1I. The minimum absolute atomic E-state index is 0.0463. The summed E-state index contributed by atoms with van der Waals surface area (Å²) in [5.74, 6) is 0. The Morgan fingerprint density at radius 1 is 0.714 bits per heavy atom. The van der Waals surface area contributed by atoms with E-state index in [1.54, 1.807) is 0 Å². The highest BCUT2D eigenvalue weighted by Crippen LogP contribution is 2.21. The first-order valence-corrected chi connectivity index (χ1v) is 7.37. The van der Waals surface area contributed by atoms with E-state index in [0.29, 0.717) is 3.92 Å². The first kappa shape index (κ1) is 12.8. The Labute approximate surface area is 102 Å². The third kappa shape index (κ3) is 5.54. The average Bonchev–Trinajstić information content (AvgIpc) is 2.18. The van der Waals surface area contributed by atoms with Crippen molar-refractivity contribution < 1.29 is 5.11 Å². The maximum Gasteiger partial charge on any atom is 0.0657 e. The lowest BCUT2D eigenvalue weighted by atomic mass is 9.99. The van der Waals surface area contributed by atoms with Crippen LogP contribution in [-0.4, -0.2) is 15.1 Å². The van der Waals surface area contributed by atoms with Gasteiger partial charge >= 0.3 is 0 Å². The lowest BCUT2D eigenvalue weighted by Crippen LogP contribution is -2.20. The van der Waals surface area contributed by atoms with E-state index in [-0.39, 0.29) is 6.10 Å². The van der Waals surface area contributed by atoms with Gasteiger partial charge in [-0.25, -0.2) is 0 Å². The van der Waals surface area contributed by atoms with Crippen LogP contribution in [0, 0.1) is 0 Å². The first-order chi connectivity index (χ1) is 6.80. The van der Waals surface area contributed by atoms with E-state index in [4.69, 9.17) is 0 Å². The van der Waals surface area contributed by atoms with Gasteiger partial charge in [0.15, 0.2) is 0 Å². The maximum absolute atomic E-state index is 9.85. The molecule has 0 bridgehead atoms. The molecule has 0 radical (unpaired) electrons. The van der Waals surface area contributed by atoms with Crippen LogP contribution in [0.1, 0.15) is 64.2 Å².